The quantitative estimate of drug-likeness (QED) is 0.708. The molecular weight excluding hydrogens is 318 g/mol. The number of aliphatic hydroxyl groups excluding tert-OH is 2. The second-order valence-corrected chi connectivity index (χ2v) is 7.00. The van der Waals surface area contributed by atoms with E-state index in [0.717, 1.165) is 19.3 Å². The van der Waals surface area contributed by atoms with Crippen LogP contribution in [0.25, 0.3) is 0 Å². The molecular formula is C20H31NO4. The Bertz CT molecular complexity index is 562. The number of rotatable bonds is 8. The molecule has 1 aliphatic rings. The molecule has 2 atom stereocenters. The SMILES string of the molecule is CCCCOc1ccccc1C(=O)N1CC[C@H](O)[C@@](CO)(CCC)C1. The predicted molar refractivity (Wildman–Crippen MR) is 97.8 cm³/mol. The molecule has 1 heterocycles. The summed E-state index contributed by atoms with van der Waals surface area (Å²) in [5, 5.41) is 20.3. The predicted octanol–water partition coefficient (Wildman–Crippen LogP) is 2.85. The van der Waals surface area contributed by atoms with Crippen molar-refractivity contribution >= 4 is 5.91 Å². The highest BCUT2D eigenvalue weighted by Crippen LogP contribution is 2.35. The Balaban J connectivity index is 2.17. The minimum Gasteiger partial charge on any atom is -0.493 e. The number of aliphatic hydroxyl groups is 2. The highest BCUT2D eigenvalue weighted by Gasteiger charge is 2.43. The molecule has 2 N–H and O–H groups in total. The first kappa shape index (κ1) is 19.7. The van der Waals surface area contributed by atoms with E-state index >= 15 is 0 Å². The molecule has 0 saturated carbocycles. The first-order valence-electron chi connectivity index (χ1n) is 9.38. The van der Waals surface area contributed by atoms with Gasteiger partial charge in [0.05, 0.1) is 24.9 Å². The third kappa shape index (κ3) is 4.53. The summed E-state index contributed by atoms with van der Waals surface area (Å²) in [5.41, 5.74) is -0.0703. The van der Waals surface area contributed by atoms with Crippen LogP contribution in [0.2, 0.25) is 0 Å². The number of ether oxygens (including phenoxy) is 1. The molecule has 1 aliphatic heterocycles. The van der Waals surface area contributed by atoms with Gasteiger partial charge in [-0.15, -0.1) is 0 Å². The summed E-state index contributed by atoms with van der Waals surface area (Å²) >= 11 is 0. The van der Waals surface area contributed by atoms with Crippen LogP contribution in [0.4, 0.5) is 0 Å². The second-order valence-electron chi connectivity index (χ2n) is 7.00. The van der Waals surface area contributed by atoms with Crippen molar-refractivity contribution < 1.29 is 19.7 Å². The number of amides is 1. The van der Waals surface area contributed by atoms with Crippen molar-refractivity contribution in [1.82, 2.24) is 4.90 Å². The van der Waals surface area contributed by atoms with Crippen molar-refractivity contribution in [2.24, 2.45) is 5.41 Å². The number of carbonyl (C=O) groups excluding carboxylic acids is 1. The smallest absolute Gasteiger partial charge is 0.257 e. The average Bonchev–Trinajstić information content (AvgIpc) is 2.64. The van der Waals surface area contributed by atoms with Crippen molar-refractivity contribution in [3.8, 4) is 5.75 Å². The molecule has 0 aliphatic carbocycles. The monoisotopic (exact) mass is 349 g/mol. The zero-order valence-electron chi connectivity index (χ0n) is 15.4. The molecule has 1 saturated heterocycles. The molecule has 1 amide bonds. The number of hydrogen-bond donors (Lipinski definition) is 2. The van der Waals surface area contributed by atoms with Crippen molar-refractivity contribution in [3.05, 3.63) is 29.8 Å². The van der Waals surface area contributed by atoms with E-state index in [2.05, 4.69) is 6.92 Å². The highest BCUT2D eigenvalue weighted by atomic mass is 16.5. The Kier molecular flexibility index (Phi) is 7.26. The number of benzene rings is 1. The van der Waals surface area contributed by atoms with Crippen molar-refractivity contribution in [3.63, 3.8) is 0 Å². The third-order valence-electron chi connectivity index (χ3n) is 5.11. The van der Waals surface area contributed by atoms with Gasteiger partial charge in [-0.05, 0) is 31.4 Å². The van der Waals surface area contributed by atoms with Crippen LogP contribution in [0.3, 0.4) is 0 Å². The highest BCUT2D eigenvalue weighted by molar-refractivity contribution is 5.97. The van der Waals surface area contributed by atoms with Gasteiger partial charge in [0.1, 0.15) is 5.75 Å². The maximum absolute atomic E-state index is 13.1. The molecule has 140 valence electrons. The minimum absolute atomic E-state index is 0.0899. The van der Waals surface area contributed by atoms with Crippen molar-refractivity contribution in [1.29, 1.82) is 0 Å². The third-order valence-corrected chi connectivity index (χ3v) is 5.11. The van der Waals surface area contributed by atoms with Crippen LogP contribution in [-0.2, 0) is 0 Å². The normalized spacial score (nSPS) is 23.5. The largest absolute Gasteiger partial charge is 0.493 e. The second kappa shape index (κ2) is 9.20. The summed E-state index contributed by atoms with van der Waals surface area (Å²) in [4.78, 5) is 14.8. The van der Waals surface area contributed by atoms with Gasteiger partial charge in [-0.2, -0.15) is 0 Å². The summed E-state index contributed by atoms with van der Waals surface area (Å²) in [6.45, 7) is 5.48. The number of piperidine rings is 1. The van der Waals surface area contributed by atoms with E-state index in [1.54, 1.807) is 11.0 Å². The first-order chi connectivity index (χ1) is 12.1. The average molecular weight is 349 g/mol. The zero-order valence-corrected chi connectivity index (χ0v) is 15.4. The first-order valence-corrected chi connectivity index (χ1v) is 9.38. The zero-order chi connectivity index (χ0) is 18.3. The Morgan fingerprint density at radius 3 is 2.76 bits per heavy atom. The van der Waals surface area contributed by atoms with E-state index in [4.69, 9.17) is 4.74 Å². The summed E-state index contributed by atoms with van der Waals surface area (Å²) in [6.07, 6.45) is 3.46. The Morgan fingerprint density at radius 1 is 1.32 bits per heavy atom. The lowest BCUT2D eigenvalue weighted by molar-refractivity contribution is -0.0720. The number of likely N-dealkylation sites (tertiary alicyclic amines) is 1. The fraction of sp³-hybridized carbons (Fsp3) is 0.650. The molecule has 1 aromatic carbocycles. The van der Waals surface area contributed by atoms with Crippen LogP contribution in [0.5, 0.6) is 5.75 Å². The van der Waals surface area contributed by atoms with Gasteiger partial charge in [0.25, 0.3) is 5.91 Å². The molecule has 1 fully saturated rings. The maximum atomic E-state index is 13.1. The Morgan fingerprint density at radius 2 is 2.08 bits per heavy atom. The van der Waals surface area contributed by atoms with Gasteiger partial charge >= 0.3 is 0 Å². The van der Waals surface area contributed by atoms with Crippen molar-refractivity contribution in [2.75, 3.05) is 26.3 Å². The topological polar surface area (TPSA) is 70.0 Å². The van der Waals surface area contributed by atoms with E-state index in [1.807, 2.05) is 25.1 Å². The van der Waals surface area contributed by atoms with Gasteiger partial charge in [-0.25, -0.2) is 0 Å². The summed E-state index contributed by atoms with van der Waals surface area (Å²) < 4.78 is 5.79. The van der Waals surface area contributed by atoms with E-state index in [-0.39, 0.29) is 12.5 Å². The lowest BCUT2D eigenvalue weighted by Gasteiger charge is -2.45. The number of hydrogen-bond acceptors (Lipinski definition) is 4. The molecule has 2 rings (SSSR count). The van der Waals surface area contributed by atoms with E-state index < -0.39 is 11.5 Å². The van der Waals surface area contributed by atoms with Gasteiger partial charge in [-0.1, -0.05) is 38.8 Å². The maximum Gasteiger partial charge on any atom is 0.257 e. The summed E-state index contributed by atoms with van der Waals surface area (Å²) in [5.74, 6) is 0.519. The minimum atomic E-state index is -0.624. The molecule has 5 nitrogen and oxygen atoms in total. The van der Waals surface area contributed by atoms with E-state index in [0.29, 0.717) is 43.9 Å². The number of nitrogens with zero attached hydrogens (tertiary/aromatic N) is 1. The standard InChI is InChI=1S/C20H31NO4/c1-3-5-13-25-17-9-7-6-8-16(17)19(24)21-12-10-18(23)20(14-21,15-22)11-4-2/h6-9,18,22-23H,3-5,10-15H2,1-2H3/t18-,20-/m0/s1. The van der Waals surface area contributed by atoms with Crippen LogP contribution in [0, 0.1) is 5.41 Å². The molecule has 25 heavy (non-hydrogen) atoms. The van der Waals surface area contributed by atoms with Crippen LogP contribution < -0.4 is 4.74 Å². The van der Waals surface area contributed by atoms with E-state index in [9.17, 15) is 15.0 Å². The molecule has 0 spiro atoms. The van der Waals surface area contributed by atoms with E-state index in [1.165, 1.54) is 0 Å². The van der Waals surface area contributed by atoms with Gasteiger partial charge in [-0.3, -0.25) is 4.79 Å². The number of para-hydroxylation sites is 1. The fourth-order valence-corrected chi connectivity index (χ4v) is 3.57. The molecule has 0 bridgehead atoms. The van der Waals surface area contributed by atoms with Gasteiger partial charge in [0, 0.05) is 18.5 Å². The molecule has 0 unspecified atom stereocenters. The molecule has 1 aromatic rings. The Labute approximate surface area is 150 Å². The van der Waals surface area contributed by atoms with Crippen molar-refractivity contribution in [2.45, 2.75) is 52.1 Å². The van der Waals surface area contributed by atoms with Gasteiger partial charge in [0.2, 0.25) is 0 Å². The van der Waals surface area contributed by atoms with Gasteiger partial charge in [0.15, 0.2) is 0 Å². The number of unbranched alkanes of at least 4 members (excludes halogenated alkanes) is 1. The van der Waals surface area contributed by atoms with Crippen LogP contribution in [-0.4, -0.2) is 53.4 Å². The van der Waals surface area contributed by atoms with Crippen LogP contribution in [0.15, 0.2) is 24.3 Å². The molecule has 0 radical (unpaired) electrons. The van der Waals surface area contributed by atoms with Gasteiger partial charge < -0.3 is 19.8 Å². The van der Waals surface area contributed by atoms with Crippen LogP contribution in [0.1, 0.15) is 56.3 Å². The summed E-state index contributed by atoms with van der Waals surface area (Å²) in [6, 6.07) is 7.32. The summed E-state index contributed by atoms with van der Waals surface area (Å²) in [7, 11) is 0. The lowest BCUT2D eigenvalue weighted by atomic mass is 9.74. The van der Waals surface area contributed by atoms with Crippen LogP contribution >= 0.6 is 0 Å². The fourth-order valence-electron chi connectivity index (χ4n) is 3.57. The number of carbonyl (C=O) groups is 1. The lowest BCUT2D eigenvalue weighted by Crippen LogP contribution is -2.55. The Hall–Kier alpha value is -1.59. The molecule has 0 aromatic heterocycles. The molecule has 5 heteroatoms.